The number of nitrogens with zero attached hydrogens (tertiary/aromatic N) is 2. The minimum Gasteiger partial charge on any atom is -0.470 e. The van der Waals surface area contributed by atoms with E-state index in [0.717, 1.165) is 10.9 Å². The maximum Gasteiger partial charge on any atom is 0.272 e. The van der Waals surface area contributed by atoms with Crippen molar-refractivity contribution >= 4 is 34.8 Å². The van der Waals surface area contributed by atoms with Crippen LogP contribution in [-0.2, 0) is 9.63 Å². The van der Waals surface area contributed by atoms with Crippen molar-refractivity contribution in [3.05, 3.63) is 36.0 Å². The second-order valence-electron chi connectivity index (χ2n) is 6.27. The van der Waals surface area contributed by atoms with E-state index >= 15 is 0 Å². The molecule has 1 amide bonds. The number of oxime groups is 1. The highest BCUT2D eigenvalue weighted by Crippen LogP contribution is 2.23. The van der Waals surface area contributed by atoms with Crippen molar-refractivity contribution in [3.63, 3.8) is 0 Å². The summed E-state index contributed by atoms with van der Waals surface area (Å²) < 4.78 is 5.87. The van der Waals surface area contributed by atoms with Gasteiger partial charge in [0.05, 0.1) is 17.3 Å². The Morgan fingerprint density at radius 2 is 2.26 bits per heavy atom. The third kappa shape index (κ3) is 5.90. The van der Waals surface area contributed by atoms with E-state index in [1.54, 1.807) is 18.5 Å². The third-order valence-electron chi connectivity index (χ3n) is 3.52. The quantitative estimate of drug-likeness (QED) is 0.327. The second kappa shape index (κ2) is 9.28. The summed E-state index contributed by atoms with van der Waals surface area (Å²) in [5.41, 5.74) is 0.110. The molecule has 6 nitrogen and oxygen atoms in total. The SMILES string of the molecule is C#Cc1cnc2ccc(OC(SC)C(=O)NC(C)(C)/C=N\OCC)cc2c1. The number of amides is 1. The average molecular weight is 385 g/mol. The summed E-state index contributed by atoms with van der Waals surface area (Å²) in [6.07, 6.45) is 10.4. The van der Waals surface area contributed by atoms with Gasteiger partial charge in [0.25, 0.3) is 5.91 Å². The Balaban J connectivity index is 2.12. The number of benzene rings is 1. The van der Waals surface area contributed by atoms with Gasteiger partial charge in [-0.15, -0.1) is 18.2 Å². The van der Waals surface area contributed by atoms with Gasteiger partial charge in [0, 0.05) is 17.1 Å². The Labute approximate surface area is 163 Å². The van der Waals surface area contributed by atoms with Crippen LogP contribution in [0, 0.1) is 12.3 Å². The number of aromatic nitrogens is 1. The van der Waals surface area contributed by atoms with E-state index < -0.39 is 11.0 Å². The molecule has 0 aliphatic heterocycles. The van der Waals surface area contributed by atoms with E-state index in [9.17, 15) is 4.79 Å². The summed E-state index contributed by atoms with van der Waals surface area (Å²) in [6.45, 7) is 5.96. The van der Waals surface area contributed by atoms with Crippen molar-refractivity contribution in [2.75, 3.05) is 12.9 Å². The van der Waals surface area contributed by atoms with Crippen molar-refractivity contribution in [3.8, 4) is 18.1 Å². The van der Waals surface area contributed by atoms with Gasteiger partial charge in [-0.3, -0.25) is 9.78 Å². The van der Waals surface area contributed by atoms with Crippen molar-refractivity contribution in [2.24, 2.45) is 5.16 Å². The molecule has 1 unspecified atom stereocenters. The van der Waals surface area contributed by atoms with E-state index in [1.165, 1.54) is 11.8 Å². The van der Waals surface area contributed by atoms with Gasteiger partial charge in [0.2, 0.25) is 5.44 Å². The van der Waals surface area contributed by atoms with Crippen LogP contribution in [0.3, 0.4) is 0 Å². The van der Waals surface area contributed by atoms with Crippen LogP contribution < -0.4 is 10.1 Å². The lowest BCUT2D eigenvalue weighted by atomic mass is 10.1. The molecule has 0 aliphatic carbocycles. The minimum absolute atomic E-state index is 0.258. The van der Waals surface area contributed by atoms with Crippen molar-refractivity contribution < 1.29 is 14.4 Å². The summed E-state index contributed by atoms with van der Waals surface area (Å²) in [5, 5.41) is 7.57. The molecule has 2 aromatic rings. The number of pyridine rings is 1. The van der Waals surface area contributed by atoms with Gasteiger partial charge in [-0.25, -0.2) is 0 Å². The van der Waals surface area contributed by atoms with E-state index in [-0.39, 0.29) is 5.91 Å². The lowest BCUT2D eigenvalue weighted by Crippen LogP contribution is -2.49. The number of hydrogen-bond acceptors (Lipinski definition) is 6. The van der Waals surface area contributed by atoms with Crippen LogP contribution in [0.5, 0.6) is 5.75 Å². The number of fused-ring (bicyclic) bond motifs is 1. The number of carbonyl (C=O) groups excluding carboxylic acids is 1. The fourth-order valence-corrected chi connectivity index (χ4v) is 2.73. The first kappa shape index (κ1) is 20.6. The highest BCUT2D eigenvalue weighted by molar-refractivity contribution is 7.99. The molecule has 1 aromatic carbocycles. The molecule has 1 N–H and O–H groups in total. The molecule has 0 radical (unpaired) electrons. The molecule has 0 fully saturated rings. The molecule has 1 heterocycles. The highest BCUT2D eigenvalue weighted by Gasteiger charge is 2.26. The summed E-state index contributed by atoms with van der Waals surface area (Å²) in [5.74, 6) is 2.87. The van der Waals surface area contributed by atoms with Gasteiger partial charge in [-0.1, -0.05) is 11.1 Å². The first-order chi connectivity index (χ1) is 12.9. The molecule has 1 atom stereocenters. The largest absolute Gasteiger partial charge is 0.470 e. The maximum absolute atomic E-state index is 12.6. The molecule has 0 saturated carbocycles. The predicted molar refractivity (Wildman–Crippen MR) is 110 cm³/mol. The van der Waals surface area contributed by atoms with Crippen LogP contribution in [0.4, 0.5) is 0 Å². The molecule has 0 saturated heterocycles. The number of ether oxygens (including phenoxy) is 1. The van der Waals surface area contributed by atoms with E-state index in [1.807, 2.05) is 45.2 Å². The van der Waals surface area contributed by atoms with Crippen molar-refractivity contribution in [2.45, 2.75) is 31.7 Å². The van der Waals surface area contributed by atoms with E-state index in [0.29, 0.717) is 17.9 Å². The molecule has 142 valence electrons. The van der Waals surface area contributed by atoms with Crippen molar-refractivity contribution in [1.82, 2.24) is 10.3 Å². The number of hydrogen-bond donors (Lipinski definition) is 1. The Bertz CT molecular complexity index is 874. The van der Waals surface area contributed by atoms with Crippen LogP contribution in [0.15, 0.2) is 35.6 Å². The minimum atomic E-state index is -0.717. The topological polar surface area (TPSA) is 72.8 Å². The summed E-state index contributed by atoms with van der Waals surface area (Å²) in [6, 6.07) is 7.29. The molecule has 2 rings (SSSR count). The second-order valence-corrected chi connectivity index (χ2v) is 7.17. The molecule has 27 heavy (non-hydrogen) atoms. The first-order valence-corrected chi connectivity index (χ1v) is 9.71. The number of thioether (sulfide) groups is 1. The molecule has 0 spiro atoms. The zero-order chi connectivity index (χ0) is 19.9. The molecule has 0 bridgehead atoms. The lowest BCUT2D eigenvalue weighted by Gasteiger charge is -2.24. The summed E-state index contributed by atoms with van der Waals surface area (Å²) >= 11 is 1.30. The van der Waals surface area contributed by atoms with Crippen LogP contribution in [-0.4, -0.2) is 40.9 Å². The lowest BCUT2D eigenvalue weighted by molar-refractivity contribution is -0.125. The normalized spacial score (nSPS) is 12.6. The Kier molecular flexibility index (Phi) is 7.08. The van der Waals surface area contributed by atoms with E-state index in [4.69, 9.17) is 16.0 Å². The van der Waals surface area contributed by atoms with E-state index in [2.05, 4.69) is 21.4 Å². The average Bonchev–Trinajstić information content (AvgIpc) is 2.65. The third-order valence-corrected chi connectivity index (χ3v) is 4.25. The molecular weight excluding hydrogens is 362 g/mol. The van der Waals surface area contributed by atoms with Crippen LogP contribution in [0.25, 0.3) is 10.9 Å². The predicted octanol–water partition coefficient (Wildman–Crippen LogP) is 3.20. The zero-order valence-electron chi connectivity index (χ0n) is 15.9. The van der Waals surface area contributed by atoms with Gasteiger partial charge in [-0.2, -0.15) is 0 Å². The zero-order valence-corrected chi connectivity index (χ0v) is 16.7. The summed E-state index contributed by atoms with van der Waals surface area (Å²) in [7, 11) is 0. The Hall–Kier alpha value is -2.72. The highest BCUT2D eigenvalue weighted by atomic mass is 32.2. The standard InChI is InChI=1S/C20H23N3O3S/c1-6-14-10-15-11-16(8-9-17(15)21-12-14)26-19(27-5)18(24)23-20(3,4)13-22-25-7-2/h1,8-13,19H,7H2,2-5H3,(H,23,24)/b22-13-. The number of nitrogens with one attached hydrogen (secondary N) is 1. The fraction of sp³-hybridized carbons (Fsp3) is 0.350. The van der Waals surface area contributed by atoms with Crippen LogP contribution >= 0.6 is 11.8 Å². The Morgan fingerprint density at radius 3 is 2.93 bits per heavy atom. The maximum atomic E-state index is 12.6. The molecule has 0 aliphatic rings. The fourth-order valence-electron chi connectivity index (χ4n) is 2.25. The first-order valence-electron chi connectivity index (χ1n) is 8.43. The van der Waals surface area contributed by atoms with Gasteiger partial charge in [0.15, 0.2) is 0 Å². The summed E-state index contributed by atoms with van der Waals surface area (Å²) in [4.78, 5) is 21.9. The smallest absolute Gasteiger partial charge is 0.272 e. The van der Waals surface area contributed by atoms with Crippen molar-refractivity contribution in [1.29, 1.82) is 0 Å². The van der Waals surface area contributed by atoms with Gasteiger partial charge >= 0.3 is 0 Å². The van der Waals surface area contributed by atoms with Crippen LogP contribution in [0.1, 0.15) is 26.3 Å². The van der Waals surface area contributed by atoms with Crippen LogP contribution in [0.2, 0.25) is 0 Å². The molecule has 1 aromatic heterocycles. The number of terminal acetylenes is 1. The van der Waals surface area contributed by atoms with Gasteiger partial charge < -0.3 is 14.9 Å². The number of rotatable bonds is 8. The Morgan fingerprint density at radius 1 is 1.48 bits per heavy atom. The number of carbonyl (C=O) groups is 1. The molecular formula is C20H23N3O3S. The monoisotopic (exact) mass is 385 g/mol. The van der Waals surface area contributed by atoms with Gasteiger partial charge in [-0.05, 0) is 51.3 Å². The molecule has 7 heteroatoms. The van der Waals surface area contributed by atoms with Gasteiger partial charge in [0.1, 0.15) is 12.4 Å².